The predicted molar refractivity (Wildman–Crippen MR) is 75.5 cm³/mol. The summed E-state index contributed by atoms with van der Waals surface area (Å²) in [6, 6.07) is 2.99. The second kappa shape index (κ2) is 7.78. The quantitative estimate of drug-likeness (QED) is 0.698. The summed E-state index contributed by atoms with van der Waals surface area (Å²) in [6.07, 6.45) is 3.91. The van der Waals surface area contributed by atoms with Gasteiger partial charge >= 0.3 is 12.0 Å². The van der Waals surface area contributed by atoms with E-state index >= 15 is 0 Å². The van der Waals surface area contributed by atoms with E-state index in [1.807, 2.05) is 12.1 Å². The second-order valence-electron chi connectivity index (χ2n) is 4.37. The van der Waals surface area contributed by atoms with E-state index in [9.17, 15) is 14.4 Å². The van der Waals surface area contributed by atoms with Crippen LogP contribution in [-0.2, 0) is 16.0 Å². The van der Waals surface area contributed by atoms with Crippen LogP contribution in [0.25, 0.3) is 0 Å². The van der Waals surface area contributed by atoms with E-state index in [-0.39, 0.29) is 11.1 Å². The third kappa shape index (κ3) is 5.43. The first-order chi connectivity index (χ1) is 9.91. The molecule has 0 saturated carbocycles. The summed E-state index contributed by atoms with van der Waals surface area (Å²) < 4.78 is 0. The Bertz CT molecular complexity index is 567. The number of carboxylic acids is 1. The topological polar surface area (TPSA) is 108 Å². The van der Waals surface area contributed by atoms with Gasteiger partial charge in [-0.3, -0.25) is 15.1 Å². The first kappa shape index (κ1) is 16.4. The van der Waals surface area contributed by atoms with Crippen LogP contribution in [-0.4, -0.2) is 34.5 Å². The fraction of sp³-hybridized carbons (Fsp3) is 0.286. The molecule has 3 amide bonds. The summed E-state index contributed by atoms with van der Waals surface area (Å²) in [7, 11) is 0. The maximum Gasteiger partial charge on any atom is 0.331 e. The molecule has 112 valence electrons. The maximum atomic E-state index is 11.6. The average molecular weight is 291 g/mol. The minimum Gasteiger partial charge on any atom is -0.478 e. The van der Waals surface area contributed by atoms with Crippen LogP contribution in [0.15, 0.2) is 35.7 Å². The molecule has 3 N–H and O–H groups in total. The van der Waals surface area contributed by atoms with Crippen LogP contribution in [0, 0.1) is 0 Å². The van der Waals surface area contributed by atoms with Crippen molar-refractivity contribution in [3.63, 3.8) is 0 Å². The SMILES string of the molecule is CC(C(=O)O)=C(C)C(=O)NC(=O)NCCc1ccncc1. The molecule has 1 aromatic rings. The summed E-state index contributed by atoms with van der Waals surface area (Å²) in [5.41, 5.74) is 0.901. The molecule has 1 heterocycles. The van der Waals surface area contributed by atoms with Crippen molar-refractivity contribution < 1.29 is 19.5 Å². The normalized spacial score (nSPS) is 11.3. The molecular weight excluding hydrogens is 274 g/mol. The molecule has 21 heavy (non-hydrogen) atoms. The molecule has 0 unspecified atom stereocenters. The standard InChI is InChI=1S/C14H17N3O4/c1-9(10(2)13(19)20)12(18)17-14(21)16-8-5-11-3-6-15-7-4-11/h3-4,6-7H,5,8H2,1-2H3,(H,19,20)(H2,16,17,18,21). The highest BCUT2D eigenvalue weighted by Gasteiger charge is 2.14. The van der Waals surface area contributed by atoms with Crippen LogP contribution >= 0.6 is 0 Å². The zero-order valence-electron chi connectivity index (χ0n) is 11.8. The Labute approximate surface area is 122 Å². The third-order valence-corrected chi connectivity index (χ3v) is 2.90. The predicted octanol–water partition coefficient (Wildman–Crippen LogP) is 0.871. The van der Waals surface area contributed by atoms with Crippen molar-refractivity contribution in [2.24, 2.45) is 0 Å². The van der Waals surface area contributed by atoms with Crippen LogP contribution < -0.4 is 10.6 Å². The van der Waals surface area contributed by atoms with Gasteiger partial charge in [-0.05, 0) is 38.0 Å². The van der Waals surface area contributed by atoms with Gasteiger partial charge in [-0.1, -0.05) is 0 Å². The second-order valence-corrected chi connectivity index (χ2v) is 4.37. The minimum absolute atomic E-state index is 0.00761. The molecule has 0 aromatic carbocycles. The number of nitrogens with zero attached hydrogens (tertiary/aromatic N) is 1. The number of amides is 3. The Kier molecular flexibility index (Phi) is 6.06. The largest absolute Gasteiger partial charge is 0.478 e. The molecule has 0 aliphatic rings. The Hall–Kier alpha value is -2.70. The number of hydrogen-bond donors (Lipinski definition) is 3. The van der Waals surface area contributed by atoms with E-state index in [4.69, 9.17) is 5.11 Å². The van der Waals surface area contributed by atoms with Crippen molar-refractivity contribution in [3.8, 4) is 0 Å². The van der Waals surface area contributed by atoms with E-state index in [1.54, 1.807) is 12.4 Å². The van der Waals surface area contributed by atoms with Crippen molar-refractivity contribution in [2.75, 3.05) is 6.54 Å². The minimum atomic E-state index is -1.19. The van der Waals surface area contributed by atoms with E-state index in [0.29, 0.717) is 13.0 Å². The monoisotopic (exact) mass is 291 g/mol. The molecular formula is C14H17N3O4. The highest BCUT2D eigenvalue weighted by atomic mass is 16.4. The number of pyridine rings is 1. The fourth-order valence-electron chi connectivity index (χ4n) is 1.44. The molecule has 0 aliphatic carbocycles. The number of hydrogen-bond acceptors (Lipinski definition) is 4. The number of carboxylic acid groups (broad SMARTS) is 1. The smallest absolute Gasteiger partial charge is 0.331 e. The lowest BCUT2D eigenvalue weighted by Crippen LogP contribution is -2.41. The molecule has 0 aliphatic heterocycles. The average Bonchev–Trinajstić information content (AvgIpc) is 2.46. The van der Waals surface area contributed by atoms with Crippen LogP contribution in [0.5, 0.6) is 0 Å². The van der Waals surface area contributed by atoms with Gasteiger partial charge in [0.15, 0.2) is 0 Å². The van der Waals surface area contributed by atoms with E-state index in [2.05, 4.69) is 15.6 Å². The van der Waals surface area contributed by atoms with E-state index < -0.39 is 17.9 Å². The summed E-state index contributed by atoms with van der Waals surface area (Å²) in [5.74, 6) is -1.92. The van der Waals surface area contributed by atoms with Gasteiger partial charge < -0.3 is 10.4 Å². The lowest BCUT2D eigenvalue weighted by Gasteiger charge is -2.08. The highest BCUT2D eigenvalue weighted by molar-refractivity contribution is 6.07. The zero-order chi connectivity index (χ0) is 15.8. The number of aliphatic carboxylic acids is 1. The lowest BCUT2D eigenvalue weighted by atomic mass is 10.1. The van der Waals surface area contributed by atoms with E-state index in [1.165, 1.54) is 13.8 Å². The van der Waals surface area contributed by atoms with E-state index in [0.717, 1.165) is 5.56 Å². The van der Waals surface area contributed by atoms with Gasteiger partial charge in [0, 0.05) is 30.1 Å². The number of carbonyl (C=O) groups is 3. The van der Waals surface area contributed by atoms with Gasteiger partial charge in [0.05, 0.1) is 0 Å². The molecule has 0 bridgehead atoms. The number of imide groups is 1. The Balaban J connectivity index is 2.42. The molecule has 1 aromatic heterocycles. The third-order valence-electron chi connectivity index (χ3n) is 2.90. The van der Waals surface area contributed by atoms with Crippen LogP contribution in [0.3, 0.4) is 0 Å². The molecule has 1 rings (SSSR count). The molecule has 0 radical (unpaired) electrons. The van der Waals surface area contributed by atoms with Crippen molar-refractivity contribution in [1.82, 2.24) is 15.6 Å². The van der Waals surface area contributed by atoms with Gasteiger partial charge in [-0.15, -0.1) is 0 Å². The molecule has 0 fully saturated rings. The van der Waals surface area contributed by atoms with Crippen LogP contribution in [0.4, 0.5) is 4.79 Å². The van der Waals surface area contributed by atoms with Crippen molar-refractivity contribution in [1.29, 1.82) is 0 Å². The fourth-order valence-corrected chi connectivity index (χ4v) is 1.44. The summed E-state index contributed by atoms with van der Waals surface area (Å²) in [6.45, 7) is 3.01. The van der Waals surface area contributed by atoms with Gasteiger partial charge in [-0.25, -0.2) is 9.59 Å². The van der Waals surface area contributed by atoms with Crippen molar-refractivity contribution >= 4 is 17.9 Å². The summed E-state index contributed by atoms with van der Waals surface area (Å²) in [4.78, 5) is 37.7. The molecule has 0 saturated heterocycles. The Morgan fingerprint density at radius 2 is 1.76 bits per heavy atom. The van der Waals surface area contributed by atoms with Gasteiger partial charge in [0.1, 0.15) is 0 Å². The molecule has 0 spiro atoms. The van der Waals surface area contributed by atoms with Gasteiger partial charge in [0.2, 0.25) is 0 Å². The number of rotatable bonds is 5. The van der Waals surface area contributed by atoms with Gasteiger partial charge in [-0.2, -0.15) is 0 Å². The van der Waals surface area contributed by atoms with Crippen LogP contribution in [0.1, 0.15) is 19.4 Å². The first-order valence-corrected chi connectivity index (χ1v) is 6.30. The lowest BCUT2D eigenvalue weighted by molar-refractivity contribution is -0.133. The Morgan fingerprint density at radius 1 is 1.14 bits per heavy atom. The van der Waals surface area contributed by atoms with Gasteiger partial charge in [0.25, 0.3) is 5.91 Å². The number of nitrogens with one attached hydrogen (secondary N) is 2. The Morgan fingerprint density at radius 3 is 2.33 bits per heavy atom. The van der Waals surface area contributed by atoms with Crippen molar-refractivity contribution in [3.05, 3.63) is 41.2 Å². The van der Waals surface area contributed by atoms with Crippen molar-refractivity contribution in [2.45, 2.75) is 20.3 Å². The summed E-state index contributed by atoms with van der Waals surface area (Å²) >= 11 is 0. The number of aromatic nitrogens is 1. The first-order valence-electron chi connectivity index (χ1n) is 6.30. The molecule has 7 nitrogen and oxygen atoms in total. The number of urea groups is 1. The number of carbonyl (C=O) groups excluding carboxylic acids is 2. The summed E-state index contributed by atoms with van der Waals surface area (Å²) in [5, 5.41) is 13.4. The molecule has 0 atom stereocenters. The molecule has 7 heteroatoms. The highest BCUT2D eigenvalue weighted by Crippen LogP contribution is 2.03. The zero-order valence-corrected chi connectivity index (χ0v) is 11.8. The van der Waals surface area contributed by atoms with Crippen LogP contribution in [0.2, 0.25) is 0 Å². The maximum absolute atomic E-state index is 11.6.